The Morgan fingerprint density at radius 3 is 3.04 bits per heavy atom. The van der Waals surface area contributed by atoms with Crippen LogP contribution in [-0.2, 0) is 11.3 Å². The van der Waals surface area contributed by atoms with Gasteiger partial charge < -0.3 is 19.5 Å². The third-order valence-electron chi connectivity index (χ3n) is 5.78. The molecule has 2 unspecified atom stereocenters. The lowest BCUT2D eigenvalue weighted by Gasteiger charge is -2.44. The summed E-state index contributed by atoms with van der Waals surface area (Å²) in [5.41, 5.74) is 1.75. The third-order valence-corrected chi connectivity index (χ3v) is 5.78. The SMILES string of the molecule is O=C(O)c1cc(C=NCC2CCCN3CCCCC23)c2c(c1)COCO2. The molecule has 140 valence electrons. The lowest BCUT2D eigenvalue weighted by Crippen LogP contribution is -2.48. The minimum Gasteiger partial charge on any atom is -0.478 e. The molecule has 0 radical (unpaired) electrons. The second-order valence-corrected chi connectivity index (χ2v) is 7.47. The maximum Gasteiger partial charge on any atom is 0.335 e. The summed E-state index contributed by atoms with van der Waals surface area (Å²) in [5, 5.41) is 9.34. The van der Waals surface area contributed by atoms with Crippen molar-refractivity contribution in [2.24, 2.45) is 10.9 Å². The first kappa shape index (κ1) is 17.5. The van der Waals surface area contributed by atoms with Crippen molar-refractivity contribution in [1.29, 1.82) is 0 Å². The third kappa shape index (κ3) is 3.62. The molecule has 2 atom stereocenters. The number of carboxylic acid groups (broad SMARTS) is 1. The van der Waals surface area contributed by atoms with Crippen LogP contribution in [0.5, 0.6) is 5.75 Å². The second-order valence-electron chi connectivity index (χ2n) is 7.47. The number of nitrogens with zero attached hydrogens (tertiary/aromatic N) is 2. The van der Waals surface area contributed by atoms with Gasteiger partial charge >= 0.3 is 5.97 Å². The maximum atomic E-state index is 11.4. The zero-order valence-corrected chi connectivity index (χ0v) is 15.0. The molecule has 1 N–H and O–H groups in total. The van der Waals surface area contributed by atoms with E-state index in [-0.39, 0.29) is 12.4 Å². The van der Waals surface area contributed by atoms with Gasteiger partial charge in [-0.25, -0.2) is 4.79 Å². The van der Waals surface area contributed by atoms with Crippen molar-refractivity contribution in [1.82, 2.24) is 4.90 Å². The van der Waals surface area contributed by atoms with Gasteiger partial charge in [-0.1, -0.05) is 6.42 Å². The number of fused-ring (bicyclic) bond motifs is 2. The van der Waals surface area contributed by atoms with E-state index < -0.39 is 5.97 Å². The number of hydrogen-bond donors (Lipinski definition) is 1. The Hall–Kier alpha value is -1.92. The Kier molecular flexibility index (Phi) is 5.22. The molecule has 0 amide bonds. The van der Waals surface area contributed by atoms with Gasteiger partial charge in [-0.3, -0.25) is 4.99 Å². The van der Waals surface area contributed by atoms with Crippen molar-refractivity contribution >= 4 is 12.2 Å². The van der Waals surface area contributed by atoms with E-state index in [1.165, 1.54) is 45.2 Å². The molecule has 2 fully saturated rings. The fraction of sp³-hybridized carbons (Fsp3) is 0.600. The zero-order chi connectivity index (χ0) is 17.9. The number of benzene rings is 1. The van der Waals surface area contributed by atoms with Gasteiger partial charge in [0.2, 0.25) is 0 Å². The van der Waals surface area contributed by atoms with Gasteiger partial charge in [0, 0.05) is 29.9 Å². The summed E-state index contributed by atoms with van der Waals surface area (Å²) < 4.78 is 10.9. The van der Waals surface area contributed by atoms with E-state index in [1.54, 1.807) is 18.3 Å². The molecule has 6 heteroatoms. The standard InChI is InChI=1S/C20H26N2O4/c23-20(24)15-8-16(19-17(9-15)12-25-13-26-19)11-21-10-14-4-3-7-22-6-2-1-5-18(14)22/h8-9,11,14,18H,1-7,10,12-13H2,(H,23,24). The zero-order valence-electron chi connectivity index (χ0n) is 15.0. The summed E-state index contributed by atoms with van der Waals surface area (Å²) in [6, 6.07) is 3.93. The van der Waals surface area contributed by atoms with Crippen LogP contribution in [0.3, 0.4) is 0 Å². The van der Waals surface area contributed by atoms with E-state index in [0.717, 1.165) is 17.7 Å². The minimum atomic E-state index is -0.946. The van der Waals surface area contributed by atoms with Gasteiger partial charge in [0.15, 0.2) is 6.79 Å². The van der Waals surface area contributed by atoms with Crippen LogP contribution in [0.1, 0.15) is 53.6 Å². The molecule has 2 saturated heterocycles. The van der Waals surface area contributed by atoms with Gasteiger partial charge in [0.25, 0.3) is 0 Å². The van der Waals surface area contributed by atoms with Crippen molar-refractivity contribution in [3.63, 3.8) is 0 Å². The highest BCUT2D eigenvalue weighted by molar-refractivity contribution is 5.93. The van der Waals surface area contributed by atoms with Crippen LogP contribution in [0.15, 0.2) is 17.1 Å². The second kappa shape index (κ2) is 7.76. The van der Waals surface area contributed by atoms with Crippen molar-refractivity contribution in [3.05, 3.63) is 28.8 Å². The van der Waals surface area contributed by atoms with Crippen molar-refractivity contribution in [2.75, 3.05) is 26.4 Å². The topological polar surface area (TPSA) is 71.4 Å². The van der Waals surface area contributed by atoms with Crippen molar-refractivity contribution in [2.45, 2.75) is 44.8 Å². The first-order valence-corrected chi connectivity index (χ1v) is 9.57. The Balaban J connectivity index is 1.51. The quantitative estimate of drug-likeness (QED) is 0.838. The monoisotopic (exact) mass is 358 g/mol. The predicted octanol–water partition coefficient (Wildman–Crippen LogP) is 2.93. The van der Waals surface area contributed by atoms with E-state index in [4.69, 9.17) is 14.5 Å². The molecule has 26 heavy (non-hydrogen) atoms. The summed E-state index contributed by atoms with van der Waals surface area (Å²) in [5.74, 6) is 0.356. The highest BCUT2D eigenvalue weighted by Gasteiger charge is 2.32. The van der Waals surface area contributed by atoms with Crippen LogP contribution in [-0.4, -0.2) is 54.7 Å². The Bertz CT molecular complexity index is 701. The Morgan fingerprint density at radius 2 is 2.15 bits per heavy atom. The summed E-state index contributed by atoms with van der Waals surface area (Å²) in [6.45, 7) is 3.82. The maximum absolute atomic E-state index is 11.4. The molecule has 4 rings (SSSR count). The van der Waals surface area contributed by atoms with Crippen molar-refractivity contribution < 1.29 is 19.4 Å². The predicted molar refractivity (Wildman–Crippen MR) is 98.1 cm³/mol. The number of rotatable bonds is 4. The van der Waals surface area contributed by atoms with Gasteiger partial charge in [-0.05, 0) is 56.8 Å². The molecule has 0 bridgehead atoms. The molecule has 3 aliphatic rings. The molecule has 0 aliphatic carbocycles. The average Bonchev–Trinajstić information content (AvgIpc) is 2.68. The van der Waals surface area contributed by atoms with Crippen LogP contribution in [0.2, 0.25) is 0 Å². The number of ether oxygens (including phenoxy) is 2. The molecule has 3 aliphatic heterocycles. The van der Waals surface area contributed by atoms with Crippen LogP contribution in [0, 0.1) is 5.92 Å². The largest absolute Gasteiger partial charge is 0.478 e. The van der Waals surface area contributed by atoms with Gasteiger partial charge in [0.05, 0.1) is 12.2 Å². The first-order valence-electron chi connectivity index (χ1n) is 9.57. The van der Waals surface area contributed by atoms with Gasteiger partial charge in [0.1, 0.15) is 5.75 Å². The molecule has 1 aromatic carbocycles. The molecule has 3 heterocycles. The minimum absolute atomic E-state index is 0.194. The van der Waals surface area contributed by atoms with Crippen molar-refractivity contribution in [3.8, 4) is 5.75 Å². The number of piperidine rings is 2. The van der Waals surface area contributed by atoms with Gasteiger partial charge in [-0.15, -0.1) is 0 Å². The normalized spacial score (nSPS) is 26.2. The smallest absolute Gasteiger partial charge is 0.335 e. The molecule has 6 nitrogen and oxygen atoms in total. The first-order chi connectivity index (χ1) is 12.7. The summed E-state index contributed by atoms with van der Waals surface area (Å²) in [6.07, 6.45) is 8.20. The lowest BCUT2D eigenvalue weighted by molar-refractivity contribution is -0.0165. The Morgan fingerprint density at radius 1 is 1.27 bits per heavy atom. The molecule has 0 spiro atoms. The van der Waals surface area contributed by atoms with Crippen LogP contribution in [0.4, 0.5) is 0 Å². The van der Waals surface area contributed by atoms with E-state index in [9.17, 15) is 9.90 Å². The van der Waals surface area contributed by atoms with E-state index >= 15 is 0 Å². The molecule has 0 aromatic heterocycles. The lowest BCUT2D eigenvalue weighted by atomic mass is 9.83. The van der Waals surface area contributed by atoms with Gasteiger partial charge in [-0.2, -0.15) is 0 Å². The fourth-order valence-electron chi connectivity index (χ4n) is 4.54. The fourth-order valence-corrected chi connectivity index (χ4v) is 4.54. The molecule has 1 aromatic rings. The number of aromatic carboxylic acids is 1. The number of aliphatic imine (C=N–C) groups is 1. The summed E-state index contributed by atoms with van der Waals surface area (Å²) in [7, 11) is 0. The van der Waals surface area contributed by atoms with E-state index in [1.807, 2.05) is 0 Å². The number of carbonyl (C=O) groups is 1. The molecular formula is C20H26N2O4. The number of carboxylic acids is 1. The highest BCUT2D eigenvalue weighted by atomic mass is 16.7. The summed E-state index contributed by atoms with van der Waals surface area (Å²) >= 11 is 0. The van der Waals surface area contributed by atoms with E-state index in [0.29, 0.717) is 24.3 Å². The van der Waals surface area contributed by atoms with Crippen LogP contribution in [0.25, 0.3) is 0 Å². The van der Waals surface area contributed by atoms with E-state index in [2.05, 4.69) is 4.90 Å². The highest BCUT2D eigenvalue weighted by Crippen LogP contribution is 2.32. The summed E-state index contributed by atoms with van der Waals surface area (Å²) in [4.78, 5) is 18.7. The van der Waals surface area contributed by atoms with Crippen LogP contribution >= 0.6 is 0 Å². The number of hydrogen-bond acceptors (Lipinski definition) is 5. The average molecular weight is 358 g/mol. The Labute approximate surface area is 153 Å². The molecular weight excluding hydrogens is 332 g/mol. The van der Waals surface area contributed by atoms with Crippen LogP contribution < -0.4 is 4.74 Å². The molecule has 0 saturated carbocycles.